The minimum atomic E-state index is -0.259. The number of carbonyl (C=O) groups excluding carboxylic acids is 1. The van der Waals surface area contributed by atoms with Crippen LogP contribution in [0.1, 0.15) is 46.2 Å². The molecule has 0 saturated carbocycles. The molecule has 146 valence electrons. The number of carbonyl (C=O) groups is 1. The molecule has 28 heavy (non-hydrogen) atoms. The van der Waals surface area contributed by atoms with Gasteiger partial charge in [-0.2, -0.15) is 4.98 Å². The maximum atomic E-state index is 12.7. The van der Waals surface area contributed by atoms with Crippen molar-refractivity contribution in [3.05, 3.63) is 83.0 Å². The minimum Gasteiger partial charge on any atom is -0.345 e. The maximum absolute atomic E-state index is 12.7. The van der Waals surface area contributed by atoms with E-state index < -0.39 is 0 Å². The SMILES string of the molecule is CNC(C)Cc1noc(CC(NC(=O)c2ccc(C)cc2)c2ccccc2)n1. The third-order valence-electron chi connectivity index (χ3n) is 4.69. The van der Waals surface area contributed by atoms with Crippen LogP contribution in [-0.4, -0.2) is 29.1 Å². The van der Waals surface area contributed by atoms with Crippen molar-refractivity contribution in [2.75, 3.05) is 7.05 Å². The van der Waals surface area contributed by atoms with Crippen LogP contribution in [0.15, 0.2) is 59.1 Å². The Balaban J connectivity index is 1.76. The van der Waals surface area contributed by atoms with Gasteiger partial charge in [0.25, 0.3) is 5.91 Å². The fourth-order valence-corrected chi connectivity index (χ4v) is 2.89. The molecule has 0 fully saturated rings. The molecule has 3 rings (SSSR count). The standard InChI is InChI=1S/C22H26N4O2/c1-15-9-11-18(12-10-15)22(27)24-19(17-7-5-4-6-8-17)14-21-25-20(26-28-21)13-16(2)23-3/h4-12,16,19,23H,13-14H2,1-3H3,(H,24,27). The average molecular weight is 378 g/mol. The van der Waals surface area contributed by atoms with E-state index in [-0.39, 0.29) is 18.0 Å². The van der Waals surface area contributed by atoms with Gasteiger partial charge in [-0.3, -0.25) is 4.79 Å². The van der Waals surface area contributed by atoms with Gasteiger partial charge < -0.3 is 15.2 Å². The van der Waals surface area contributed by atoms with Crippen LogP contribution in [0.25, 0.3) is 0 Å². The van der Waals surface area contributed by atoms with Crippen LogP contribution in [0, 0.1) is 6.92 Å². The molecule has 2 atom stereocenters. The fraction of sp³-hybridized carbons (Fsp3) is 0.318. The topological polar surface area (TPSA) is 80.0 Å². The Bertz CT molecular complexity index is 890. The van der Waals surface area contributed by atoms with Gasteiger partial charge in [-0.15, -0.1) is 0 Å². The number of nitrogens with zero attached hydrogens (tertiary/aromatic N) is 2. The summed E-state index contributed by atoms with van der Waals surface area (Å²) in [5.74, 6) is 1.04. The zero-order valence-electron chi connectivity index (χ0n) is 16.5. The van der Waals surface area contributed by atoms with Crippen molar-refractivity contribution in [1.82, 2.24) is 20.8 Å². The lowest BCUT2D eigenvalue weighted by atomic mass is 10.0. The average Bonchev–Trinajstić information content (AvgIpc) is 3.15. The first-order valence-electron chi connectivity index (χ1n) is 9.46. The van der Waals surface area contributed by atoms with Crippen molar-refractivity contribution < 1.29 is 9.32 Å². The molecule has 0 saturated heterocycles. The van der Waals surface area contributed by atoms with E-state index in [1.165, 1.54) is 0 Å². The third kappa shape index (κ3) is 5.27. The molecule has 1 amide bonds. The molecule has 6 nitrogen and oxygen atoms in total. The monoisotopic (exact) mass is 378 g/mol. The molecule has 1 aromatic heterocycles. The van der Waals surface area contributed by atoms with E-state index in [4.69, 9.17) is 4.52 Å². The first kappa shape index (κ1) is 19.8. The second-order valence-corrected chi connectivity index (χ2v) is 7.01. The van der Waals surface area contributed by atoms with Crippen LogP contribution in [0.2, 0.25) is 0 Å². The van der Waals surface area contributed by atoms with Gasteiger partial charge >= 0.3 is 0 Å². The molecule has 0 spiro atoms. The van der Waals surface area contributed by atoms with Crippen molar-refractivity contribution in [1.29, 1.82) is 0 Å². The van der Waals surface area contributed by atoms with Crippen LogP contribution in [-0.2, 0) is 12.8 Å². The Hall–Kier alpha value is -2.99. The smallest absolute Gasteiger partial charge is 0.251 e. The van der Waals surface area contributed by atoms with E-state index in [1.807, 2.05) is 68.6 Å². The third-order valence-corrected chi connectivity index (χ3v) is 4.69. The number of hydrogen-bond acceptors (Lipinski definition) is 5. The molecule has 3 aromatic rings. The summed E-state index contributed by atoms with van der Waals surface area (Å²) in [6, 6.07) is 17.4. The summed E-state index contributed by atoms with van der Waals surface area (Å²) in [5.41, 5.74) is 2.73. The molecule has 0 aliphatic heterocycles. The predicted molar refractivity (Wildman–Crippen MR) is 108 cm³/mol. The molecule has 0 bridgehead atoms. The first-order valence-corrected chi connectivity index (χ1v) is 9.46. The molecule has 2 unspecified atom stereocenters. The van der Waals surface area contributed by atoms with E-state index >= 15 is 0 Å². The van der Waals surface area contributed by atoms with Crippen molar-refractivity contribution in [3.8, 4) is 0 Å². The number of amides is 1. The highest BCUT2D eigenvalue weighted by molar-refractivity contribution is 5.94. The highest BCUT2D eigenvalue weighted by Crippen LogP contribution is 2.19. The molecule has 0 aliphatic carbocycles. The molecule has 6 heteroatoms. The molecule has 2 aromatic carbocycles. The fourth-order valence-electron chi connectivity index (χ4n) is 2.89. The Labute approximate surface area is 165 Å². The van der Waals surface area contributed by atoms with Gasteiger partial charge in [0.2, 0.25) is 5.89 Å². The maximum Gasteiger partial charge on any atom is 0.251 e. The minimum absolute atomic E-state index is 0.127. The van der Waals surface area contributed by atoms with Gasteiger partial charge in [-0.25, -0.2) is 0 Å². The van der Waals surface area contributed by atoms with Crippen LogP contribution in [0.3, 0.4) is 0 Å². The van der Waals surface area contributed by atoms with Crippen LogP contribution < -0.4 is 10.6 Å². The number of nitrogens with one attached hydrogen (secondary N) is 2. The van der Waals surface area contributed by atoms with Crippen molar-refractivity contribution >= 4 is 5.91 Å². The Kier molecular flexibility index (Phi) is 6.55. The van der Waals surface area contributed by atoms with Crippen molar-refractivity contribution in [2.45, 2.75) is 38.8 Å². The number of aromatic nitrogens is 2. The van der Waals surface area contributed by atoms with Gasteiger partial charge in [0.15, 0.2) is 5.82 Å². The highest BCUT2D eigenvalue weighted by atomic mass is 16.5. The highest BCUT2D eigenvalue weighted by Gasteiger charge is 2.20. The van der Waals surface area contributed by atoms with E-state index in [1.54, 1.807) is 0 Å². The van der Waals surface area contributed by atoms with Gasteiger partial charge in [0.05, 0.1) is 12.5 Å². The van der Waals surface area contributed by atoms with Gasteiger partial charge in [0, 0.05) is 18.0 Å². The van der Waals surface area contributed by atoms with Crippen LogP contribution >= 0.6 is 0 Å². The second-order valence-electron chi connectivity index (χ2n) is 7.01. The first-order chi connectivity index (χ1) is 13.5. The molecule has 0 radical (unpaired) electrons. The molecule has 0 aliphatic rings. The van der Waals surface area contributed by atoms with Crippen LogP contribution in [0.5, 0.6) is 0 Å². The lowest BCUT2D eigenvalue weighted by Gasteiger charge is -2.18. The largest absolute Gasteiger partial charge is 0.345 e. The van der Waals surface area contributed by atoms with E-state index in [0.29, 0.717) is 30.1 Å². The molecular weight excluding hydrogens is 352 g/mol. The summed E-state index contributed by atoms with van der Waals surface area (Å²) in [6.45, 7) is 4.06. The van der Waals surface area contributed by atoms with Crippen molar-refractivity contribution in [2.24, 2.45) is 0 Å². The Morgan fingerprint density at radius 2 is 1.79 bits per heavy atom. The number of rotatable bonds is 8. The second kappa shape index (κ2) is 9.28. The number of aryl methyl sites for hydroxylation is 1. The lowest BCUT2D eigenvalue weighted by molar-refractivity contribution is 0.0935. The Morgan fingerprint density at radius 3 is 2.46 bits per heavy atom. The quantitative estimate of drug-likeness (QED) is 0.629. The van der Waals surface area contributed by atoms with Crippen LogP contribution in [0.4, 0.5) is 0 Å². The Morgan fingerprint density at radius 1 is 1.07 bits per heavy atom. The predicted octanol–water partition coefficient (Wildman–Crippen LogP) is 3.24. The zero-order chi connectivity index (χ0) is 19.9. The van der Waals surface area contributed by atoms with Gasteiger partial charge in [0.1, 0.15) is 0 Å². The van der Waals surface area contributed by atoms with E-state index in [2.05, 4.69) is 27.7 Å². The molecule has 1 heterocycles. The summed E-state index contributed by atoms with van der Waals surface area (Å²) >= 11 is 0. The van der Waals surface area contributed by atoms with Gasteiger partial charge in [-0.05, 0) is 38.6 Å². The summed E-state index contributed by atoms with van der Waals surface area (Å²) in [5, 5.41) is 10.3. The number of benzene rings is 2. The van der Waals surface area contributed by atoms with Crippen molar-refractivity contribution in [3.63, 3.8) is 0 Å². The number of hydrogen-bond donors (Lipinski definition) is 2. The molecule has 2 N–H and O–H groups in total. The lowest BCUT2D eigenvalue weighted by Crippen LogP contribution is -2.30. The van der Waals surface area contributed by atoms with E-state index in [0.717, 1.165) is 11.1 Å². The summed E-state index contributed by atoms with van der Waals surface area (Å²) in [4.78, 5) is 17.2. The zero-order valence-corrected chi connectivity index (χ0v) is 16.5. The molecular formula is C22H26N4O2. The number of likely N-dealkylation sites (N-methyl/N-ethyl adjacent to an activating group) is 1. The normalized spacial score (nSPS) is 13.1. The summed E-state index contributed by atoms with van der Waals surface area (Å²) in [7, 11) is 1.90. The van der Waals surface area contributed by atoms with Gasteiger partial charge in [-0.1, -0.05) is 53.2 Å². The summed E-state index contributed by atoms with van der Waals surface area (Å²) in [6.07, 6.45) is 1.12. The summed E-state index contributed by atoms with van der Waals surface area (Å²) < 4.78 is 5.42. The van der Waals surface area contributed by atoms with E-state index in [9.17, 15) is 4.79 Å².